The molecule has 2 aromatic heterocycles. The van der Waals surface area contributed by atoms with Crippen LogP contribution in [-0.2, 0) is 28.2 Å². The second-order valence-electron chi connectivity index (χ2n) is 10.8. The Hall–Kier alpha value is -4.27. The summed E-state index contributed by atoms with van der Waals surface area (Å²) < 4.78 is 46.6. The number of ether oxygens (including phenoxy) is 3. The molecule has 240 valence electrons. The number of benzene rings is 2. The fraction of sp³-hybridized carbons (Fsp3) is 0.419. The van der Waals surface area contributed by atoms with Gasteiger partial charge in [-0.2, -0.15) is 9.40 Å². The van der Waals surface area contributed by atoms with Crippen molar-refractivity contribution in [2.24, 2.45) is 7.05 Å². The van der Waals surface area contributed by atoms with Gasteiger partial charge in [0.15, 0.2) is 5.52 Å². The third-order valence-electron chi connectivity index (χ3n) is 7.57. The van der Waals surface area contributed by atoms with E-state index in [-0.39, 0.29) is 36.0 Å². The Labute approximate surface area is 261 Å². The summed E-state index contributed by atoms with van der Waals surface area (Å²) in [6, 6.07) is 11.7. The van der Waals surface area contributed by atoms with Gasteiger partial charge in [0.25, 0.3) is 5.56 Å². The van der Waals surface area contributed by atoms with Gasteiger partial charge in [0.05, 0.1) is 22.8 Å². The highest BCUT2D eigenvalue weighted by atomic mass is 32.2. The van der Waals surface area contributed by atoms with Gasteiger partial charge in [-0.25, -0.2) is 18.2 Å². The molecule has 5 rings (SSSR count). The van der Waals surface area contributed by atoms with Crippen molar-refractivity contribution in [2.45, 2.75) is 38.5 Å². The van der Waals surface area contributed by atoms with E-state index in [1.165, 1.54) is 21.1 Å². The maximum absolute atomic E-state index is 13.7. The molecule has 13 nitrogen and oxygen atoms in total. The number of hydrogen-bond donors (Lipinski definition) is 1. The Bertz CT molecular complexity index is 1830. The van der Waals surface area contributed by atoms with Crippen LogP contribution in [-0.4, -0.2) is 89.5 Å². The number of aromatic nitrogens is 4. The van der Waals surface area contributed by atoms with E-state index in [2.05, 4.69) is 10.1 Å². The summed E-state index contributed by atoms with van der Waals surface area (Å²) in [6.07, 6.45) is 0.691. The van der Waals surface area contributed by atoms with Crippen molar-refractivity contribution in [3.8, 4) is 22.9 Å². The standard InChI is InChI=1S/C31H38N6O7S/c1-5-7-25-27-28(35(4)34-25)30(38)33-29(32-27)24-20-23(12-13-26(24)42-6-2)45(40,41)37-16-14-36(15-17-37)18-19-43-31(39)44-22-10-8-21(3)9-11-22/h8-13,20H,5-7,14-19H2,1-4H3,(H,32,33,38). The van der Waals surface area contributed by atoms with E-state index in [4.69, 9.17) is 19.2 Å². The molecule has 1 aliphatic heterocycles. The number of nitrogens with one attached hydrogen (secondary N) is 1. The Morgan fingerprint density at radius 1 is 1.04 bits per heavy atom. The Kier molecular flexibility index (Phi) is 9.85. The van der Waals surface area contributed by atoms with E-state index in [0.29, 0.717) is 66.5 Å². The molecule has 0 amide bonds. The van der Waals surface area contributed by atoms with Crippen LogP contribution in [0.2, 0.25) is 0 Å². The Morgan fingerprint density at radius 2 is 1.78 bits per heavy atom. The van der Waals surface area contributed by atoms with Crippen LogP contribution in [0.15, 0.2) is 52.2 Å². The highest BCUT2D eigenvalue weighted by Gasteiger charge is 2.30. The molecular weight excluding hydrogens is 600 g/mol. The highest BCUT2D eigenvalue weighted by molar-refractivity contribution is 7.89. The number of rotatable bonds is 11. The van der Waals surface area contributed by atoms with Crippen molar-refractivity contribution >= 4 is 27.2 Å². The lowest BCUT2D eigenvalue weighted by molar-refractivity contribution is 0.0809. The summed E-state index contributed by atoms with van der Waals surface area (Å²) in [7, 11) is -2.18. The van der Waals surface area contributed by atoms with E-state index in [1.807, 2.05) is 37.8 Å². The normalized spacial score (nSPS) is 14.5. The predicted octanol–water partition coefficient (Wildman–Crippen LogP) is 3.51. The lowest BCUT2D eigenvalue weighted by Gasteiger charge is -2.33. The molecule has 14 heteroatoms. The molecule has 0 saturated carbocycles. The number of carbonyl (C=O) groups is 1. The maximum atomic E-state index is 13.7. The van der Waals surface area contributed by atoms with Crippen molar-refractivity contribution < 1.29 is 27.4 Å². The molecule has 4 aromatic rings. The molecule has 0 bridgehead atoms. The zero-order chi connectivity index (χ0) is 32.1. The molecule has 0 radical (unpaired) electrons. The predicted molar refractivity (Wildman–Crippen MR) is 168 cm³/mol. The van der Waals surface area contributed by atoms with Gasteiger partial charge < -0.3 is 19.2 Å². The second kappa shape index (κ2) is 13.8. The van der Waals surface area contributed by atoms with Crippen molar-refractivity contribution in [2.75, 3.05) is 45.9 Å². The number of nitrogens with zero attached hydrogens (tertiary/aromatic N) is 5. The molecule has 3 heterocycles. The van der Waals surface area contributed by atoms with Crippen LogP contribution in [0.1, 0.15) is 31.5 Å². The molecule has 1 aliphatic rings. The smallest absolute Gasteiger partial charge is 0.493 e. The monoisotopic (exact) mass is 638 g/mol. The van der Waals surface area contributed by atoms with Crippen LogP contribution in [0.3, 0.4) is 0 Å². The van der Waals surface area contributed by atoms with Gasteiger partial charge in [0, 0.05) is 39.8 Å². The molecule has 0 atom stereocenters. The molecule has 1 saturated heterocycles. The van der Waals surface area contributed by atoms with E-state index in [0.717, 1.165) is 12.0 Å². The van der Waals surface area contributed by atoms with Gasteiger partial charge in [0.2, 0.25) is 10.0 Å². The largest absolute Gasteiger partial charge is 0.513 e. The van der Waals surface area contributed by atoms with Gasteiger partial charge in [-0.15, -0.1) is 0 Å². The van der Waals surface area contributed by atoms with E-state index in [9.17, 15) is 18.0 Å². The molecule has 1 N–H and O–H groups in total. The average Bonchev–Trinajstić information content (AvgIpc) is 3.34. The van der Waals surface area contributed by atoms with Gasteiger partial charge in [0.1, 0.15) is 29.4 Å². The van der Waals surface area contributed by atoms with E-state index >= 15 is 0 Å². The van der Waals surface area contributed by atoms with Crippen LogP contribution in [0.5, 0.6) is 11.5 Å². The first-order chi connectivity index (χ1) is 21.6. The third kappa shape index (κ3) is 7.18. The average molecular weight is 639 g/mol. The summed E-state index contributed by atoms with van der Waals surface area (Å²) >= 11 is 0. The van der Waals surface area contributed by atoms with Gasteiger partial charge >= 0.3 is 6.16 Å². The minimum Gasteiger partial charge on any atom is -0.493 e. The summed E-state index contributed by atoms with van der Waals surface area (Å²) in [5.74, 6) is 1.03. The van der Waals surface area contributed by atoms with Crippen LogP contribution in [0.25, 0.3) is 22.4 Å². The summed E-state index contributed by atoms with van der Waals surface area (Å²) in [4.78, 5) is 34.7. The van der Waals surface area contributed by atoms with Gasteiger partial charge in [-0.3, -0.25) is 14.4 Å². The molecule has 45 heavy (non-hydrogen) atoms. The first kappa shape index (κ1) is 32.1. The first-order valence-electron chi connectivity index (χ1n) is 15.0. The molecule has 0 spiro atoms. The van der Waals surface area contributed by atoms with Crippen LogP contribution >= 0.6 is 0 Å². The number of sulfonamides is 1. The minimum absolute atomic E-state index is 0.0688. The first-order valence-corrected chi connectivity index (χ1v) is 16.4. The van der Waals surface area contributed by atoms with Gasteiger partial charge in [-0.05, 0) is 50.6 Å². The SMILES string of the molecule is CCCc1nn(C)c2c(=O)[nH]c(-c3cc(S(=O)(=O)N4CCN(CCOC(=O)Oc5ccc(C)cc5)CC4)ccc3OCC)nc12. The van der Waals surface area contributed by atoms with Crippen molar-refractivity contribution in [3.63, 3.8) is 0 Å². The number of piperazine rings is 1. The zero-order valence-corrected chi connectivity index (χ0v) is 26.7. The Morgan fingerprint density at radius 3 is 2.47 bits per heavy atom. The lowest BCUT2D eigenvalue weighted by atomic mass is 10.1. The summed E-state index contributed by atoms with van der Waals surface area (Å²) in [5, 5.41) is 4.47. The van der Waals surface area contributed by atoms with Crippen molar-refractivity contribution in [3.05, 3.63) is 64.1 Å². The maximum Gasteiger partial charge on any atom is 0.513 e. The number of aromatic amines is 1. The Balaban J connectivity index is 1.27. The zero-order valence-electron chi connectivity index (χ0n) is 25.9. The topological polar surface area (TPSA) is 149 Å². The number of fused-ring (bicyclic) bond motifs is 1. The van der Waals surface area contributed by atoms with Crippen molar-refractivity contribution in [1.29, 1.82) is 0 Å². The molecular formula is C31H38N6O7S. The quantitative estimate of drug-likeness (QED) is 0.191. The summed E-state index contributed by atoms with van der Waals surface area (Å²) in [6.45, 7) is 8.14. The minimum atomic E-state index is -3.88. The van der Waals surface area contributed by atoms with Crippen LogP contribution in [0.4, 0.5) is 4.79 Å². The van der Waals surface area contributed by atoms with Crippen LogP contribution < -0.4 is 15.0 Å². The van der Waals surface area contributed by atoms with Crippen molar-refractivity contribution in [1.82, 2.24) is 29.0 Å². The summed E-state index contributed by atoms with van der Waals surface area (Å²) in [5.41, 5.74) is 2.60. The van der Waals surface area contributed by atoms with Crippen LogP contribution in [0, 0.1) is 6.92 Å². The molecule has 0 aliphatic carbocycles. The lowest BCUT2D eigenvalue weighted by Crippen LogP contribution is -2.49. The molecule has 2 aromatic carbocycles. The van der Waals surface area contributed by atoms with E-state index in [1.54, 1.807) is 25.2 Å². The number of hydrogen-bond acceptors (Lipinski definition) is 10. The number of carbonyl (C=O) groups excluding carboxylic acids is 1. The second-order valence-corrected chi connectivity index (χ2v) is 12.7. The molecule has 0 unspecified atom stereocenters. The highest BCUT2D eigenvalue weighted by Crippen LogP contribution is 2.32. The van der Waals surface area contributed by atoms with E-state index < -0.39 is 16.2 Å². The third-order valence-corrected chi connectivity index (χ3v) is 9.47. The fourth-order valence-electron chi connectivity index (χ4n) is 5.25. The van der Waals surface area contributed by atoms with Gasteiger partial charge in [-0.1, -0.05) is 31.0 Å². The fourth-order valence-corrected chi connectivity index (χ4v) is 6.70. The number of aryl methyl sites for hydroxylation is 3. The number of H-pyrrole nitrogens is 1. The molecule has 1 fully saturated rings.